The molecule has 3 atom stereocenters. The van der Waals surface area contributed by atoms with Crippen molar-refractivity contribution in [2.24, 2.45) is 5.92 Å². The summed E-state index contributed by atoms with van der Waals surface area (Å²) in [5.41, 5.74) is 7.00. The van der Waals surface area contributed by atoms with Crippen molar-refractivity contribution in [2.75, 3.05) is 20.2 Å². The monoisotopic (exact) mass is 397 g/mol. The number of likely N-dealkylation sites (tertiary alicyclic amines) is 1. The molecule has 1 saturated carbocycles. The second-order valence-corrected chi connectivity index (χ2v) is 9.62. The van der Waals surface area contributed by atoms with Crippen LogP contribution in [0.4, 0.5) is 0 Å². The zero-order valence-electron chi connectivity index (χ0n) is 17.4. The van der Waals surface area contributed by atoms with Gasteiger partial charge < -0.3 is 9.47 Å². The number of hydrogen-bond acceptors (Lipinski definition) is 3. The predicted octanol–water partition coefficient (Wildman–Crippen LogP) is 4.76. The number of rotatable bonds is 4. The average Bonchev–Trinajstić information content (AvgIpc) is 3.54. The molecule has 2 bridgehead atoms. The van der Waals surface area contributed by atoms with Gasteiger partial charge in [0.05, 0.1) is 12.5 Å². The van der Waals surface area contributed by atoms with Gasteiger partial charge in [-0.05, 0) is 54.4 Å². The first-order valence-corrected chi connectivity index (χ1v) is 11.4. The van der Waals surface area contributed by atoms with Gasteiger partial charge in [-0.15, -0.1) is 0 Å². The molecule has 3 nitrogen and oxygen atoms in total. The molecule has 2 aromatic carbocycles. The maximum atomic E-state index is 6.84. The summed E-state index contributed by atoms with van der Waals surface area (Å²) in [6.07, 6.45) is 9.87. The number of allylic oxidation sites excluding steroid dienone is 2. The number of nitrogens with zero attached hydrogens (tertiary/aromatic N) is 1. The summed E-state index contributed by atoms with van der Waals surface area (Å²) in [4.78, 5) is 2.78. The highest BCUT2D eigenvalue weighted by Gasteiger charge is 2.61. The van der Waals surface area contributed by atoms with Gasteiger partial charge in [-0.25, -0.2) is 0 Å². The third-order valence-corrected chi connectivity index (χ3v) is 8.10. The van der Waals surface area contributed by atoms with Crippen LogP contribution in [0.15, 0.2) is 60.2 Å². The summed E-state index contributed by atoms with van der Waals surface area (Å²) in [6, 6.07) is 15.7. The van der Waals surface area contributed by atoms with Crippen LogP contribution in [0.3, 0.4) is 0 Å². The molecule has 0 N–H and O–H groups in total. The highest BCUT2D eigenvalue weighted by atomic mass is 16.5. The zero-order valence-corrected chi connectivity index (χ0v) is 17.4. The van der Waals surface area contributed by atoms with Gasteiger partial charge >= 0.3 is 0 Å². The minimum atomic E-state index is -0.0396. The number of ether oxygens (including phenoxy) is 2. The van der Waals surface area contributed by atoms with E-state index in [1.54, 1.807) is 12.7 Å². The standard InChI is InChI=1S/C27H27NO2/c1-29-23-12-9-19-15-22-21-11-10-20(18-5-3-2-4-6-18)26-27(21,24(19)25(23)30-26)13-14-28(22)16-17-7-8-17/h2-6,9-12,17,22,26H,7-8,13-16H2,1H3/t22?,26-,27?/m0/s1. The largest absolute Gasteiger partial charge is 0.493 e. The second kappa shape index (κ2) is 6.01. The molecule has 2 fully saturated rings. The molecule has 0 aromatic heterocycles. The fourth-order valence-corrected chi connectivity index (χ4v) is 6.59. The molecular formula is C27H27NO2. The molecule has 1 saturated heterocycles. The van der Waals surface area contributed by atoms with E-state index in [0.717, 1.165) is 36.8 Å². The fraction of sp³-hybridized carbons (Fsp3) is 0.407. The summed E-state index contributed by atoms with van der Waals surface area (Å²) in [5, 5.41) is 0. The topological polar surface area (TPSA) is 21.7 Å². The summed E-state index contributed by atoms with van der Waals surface area (Å²) < 4.78 is 12.6. The number of hydrogen-bond donors (Lipinski definition) is 0. The van der Waals surface area contributed by atoms with Crippen LogP contribution < -0.4 is 9.47 Å². The molecule has 7 rings (SSSR count). The Kier molecular flexibility index (Phi) is 3.44. The number of piperidine rings is 1. The van der Waals surface area contributed by atoms with Crippen LogP contribution in [0.2, 0.25) is 0 Å². The SMILES string of the molecule is COc1ccc2c3c1O[C@H]1C(c4ccccc4)=CC=C4C(C2)N(CC2CC2)CCC431. The van der Waals surface area contributed by atoms with Gasteiger partial charge in [0.1, 0.15) is 6.10 Å². The molecule has 152 valence electrons. The van der Waals surface area contributed by atoms with E-state index in [-0.39, 0.29) is 11.5 Å². The van der Waals surface area contributed by atoms with Crippen molar-refractivity contribution >= 4 is 5.57 Å². The maximum Gasteiger partial charge on any atom is 0.166 e. The fourth-order valence-electron chi connectivity index (χ4n) is 6.59. The Morgan fingerprint density at radius 2 is 1.97 bits per heavy atom. The Balaban J connectivity index is 1.45. The van der Waals surface area contributed by atoms with Crippen molar-refractivity contribution in [3.8, 4) is 11.5 Å². The van der Waals surface area contributed by atoms with Crippen LogP contribution in [-0.4, -0.2) is 37.2 Å². The molecule has 2 aliphatic heterocycles. The van der Waals surface area contributed by atoms with Crippen LogP contribution in [0.1, 0.15) is 36.0 Å². The summed E-state index contributed by atoms with van der Waals surface area (Å²) in [5.74, 6) is 2.79. The van der Waals surface area contributed by atoms with E-state index in [9.17, 15) is 0 Å². The summed E-state index contributed by atoms with van der Waals surface area (Å²) in [7, 11) is 1.76. The third-order valence-electron chi connectivity index (χ3n) is 8.10. The second-order valence-electron chi connectivity index (χ2n) is 9.62. The smallest absolute Gasteiger partial charge is 0.166 e. The van der Waals surface area contributed by atoms with Crippen molar-refractivity contribution in [1.82, 2.24) is 4.90 Å². The Morgan fingerprint density at radius 1 is 1.10 bits per heavy atom. The normalized spacial score (nSPS) is 30.8. The first-order chi connectivity index (χ1) is 14.8. The Bertz CT molecular complexity index is 1100. The summed E-state index contributed by atoms with van der Waals surface area (Å²) >= 11 is 0. The van der Waals surface area contributed by atoms with Gasteiger partial charge in [0.15, 0.2) is 11.5 Å². The first-order valence-electron chi connectivity index (χ1n) is 11.4. The molecule has 3 aliphatic carbocycles. The van der Waals surface area contributed by atoms with E-state index < -0.39 is 0 Å². The van der Waals surface area contributed by atoms with Crippen LogP contribution >= 0.6 is 0 Å². The Morgan fingerprint density at radius 3 is 2.77 bits per heavy atom. The highest BCUT2D eigenvalue weighted by Crippen LogP contribution is 2.63. The van der Waals surface area contributed by atoms with Crippen LogP contribution in [-0.2, 0) is 11.8 Å². The molecule has 30 heavy (non-hydrogen) atoms. The summed E-state index contributed by atoms with van der Waals surface area (Å²) in [6.45, 7) is 2.42. The quantitative estimate of drug-likeness (QED) is 0.743. The van der Waals surface area contributed by atoms with Crippen LogP contribution in [0.5, 0.6) is 11.5 Å². The molecule has 3 heteroatoms. The van der Waals surface area contributed by atoms with Gasteiger partial charge in [0.25, 0.3) is 0 Å². The lowest BCUT2D eigenvalue weighted by molar-refractivity contribution is 0.0997. The highest BCUT2D eigenvalue weighted by molar-refractivity contribution is 5.81. The molecule has 1 spiro atoms. The van der Waals surface area contributed by atoms with Crippen LogP contribution in [0, 0.1) is 5.92 Å². The van der Waals surface area contributed by atoms with E-state index in [0.29, 0.717) is 6.04 Å². The molecule has 5 aliphatic rings. The van der Waals surface area contributed by atoms with E-state index in [4.69, 9.17) is 9.47 Å². The van der Waals surface area contributed by atoms with Gasteiger partial charge in [0.2, 0.25) is 0 Å². The molecular weight excluding hydrogens is 370 g/mol. The van der Waals surface area contributed by atoms with E-state index >= 15 is 0 Å². The van der Waals surface area contributed by atoms with Crippen molar-refractivity contribution in [3.63, 3.8) is 0 Å². The average molecular weight is 398 g/mol. The molecule has 2 unspecified atom stereocenters. The third kappa shape index (κ3) is 2.14. The van der Waals surface area contributed by atoms with Crippen molar-refractivity contribution < 1.29 is 9.47 Å². The number of methoxy groups -OCH3 is 1. The molecule has 2 heterocycles. The minimum Gasteiger partial charge on any atom is -0.493 e. The molecule has 0 amide bonds. The lowest BCUT2D eigenvalue weighted by Gasteiger charge is -2.54. The maximum absolute atomic E-state index is 6.84. The molecule has 0 radical (unpaired) electrons. The van der Waals surface area contributed by atoms with Gasteiger partial charge in [-0.3, -0.25) is 4.90 Å². The Hall–Kier alpha value is -2.52. The Labute approximate surface area is 178 Å². The van der Waals surface area contributed by atoms with Gasteiger partial charge in [-0.1, -0.05) is 48.6 Å². The lowest BCUT2D eigenvalue weighted by Crippen LogP contribution is -2.59. The predicted molar refractivity (Wildman–Crippen MR) is 118 cm³/mol. The van der Waals surface area contributed by atoms with E-state index in [1.165, 1.54) is 41.6 Å². The van der Waals surface area contributed by atoms with Gasteiger partial charge in [-0.2, -0.15) is 0 Å². The lowest BCUT2D eigenvalue weighted by atomic mass is 9.56. The number of benzene rings is 2. The van der Waals surface area contributed by atoms with Crippen LogP contribution in [0.25, 0.3) is 5.57 Å². The minimum absolute atomic E-state index is 0.0378. The molecule has 2 aromatic rings. The first kappa shape index (κ1) is 17.2. The van der Waals surface area contributed by atoms with E-state index in [2.05, 4.69) is 59.5 Å². The van der Waals surface area contributed by atoms with Crippen molar-refractivity contribution in [3.05, 3.63) is 76.9 Å². The van der Waals surface area contributed by atoms with Gasteiger partial charge in [0, 0.05) is 30.3 Å². The van der Waals surface area contributed by atoms with E-state index in [1.807, 2.05) is 0 Å². The van der Waals surface area contributed by atoms with Crippen molar-refractivity contribution in [1.29, 1.82) is 0 Å². The zero-order chi connectivity index (χ0) is 19.9. The van der Waals surface area contributed by atoms with Crippen molar-refractivity contribution in [2.45, 2.75) is 43.2 Å².